The van der Waals surface area contributed by atoms with E-state index in [0.717, 1.165) is 17.4 Å². The van der Waals surface area contributed by atoms with Crippen molar-refractivity contribution in [3.05, 3.63) is 59.7 Å². The molecule has 2 rings (SSSR count). The van der Waals surface area contributed by atoms with Gasteiger partial charge >= 0.3 is 0 Å². The number of ether oxygens (including phenoxy) is 1. The number of rotatable bonds is 5. The minimum absolute atomic E-state index is 0.287. The van der Waals surface area contributed by atoms with Crippen molar-refractivity contribution in [3.63, 3.8) is 0 Å². The summed E-state index contributed by atoms with van der Waals surface area (Å²) in [6.45, 7) is 3.01. The molecule has 0 aliphatic carbocycles. The number of hydrogen-bond acceptors (Lipinski definition) is 2. The van der Waals surface area contributed by atoms with Gasteiger partial charge in [0.1, 0.15) is 17.4 Å². The monoisotopic (exact) mass is 263 g/mol. The Hall–Kier alpha value is -2.10. The molecule has 0 unspecified atom stereocenters. The van der Waals surface area contributed by atoms with E-state index >= 15 is 0 Å². The maximum absolute atomic E-state index is 13.4. The van der Waals surface area contributed by atoms with E-state index < -0.39 is 11.6 Å². The van der Waals surface area contributed by atoms with Gasteiger partial charge in [0.25, 0.3) is 0 Å². The molecule has 0 saturated heterocycles. The van der Waals surface area contributed by atoms with Crippen molar-refractivity contribution in [2.24, 2.45) is 0 Å². The Bertz CT molecular complexity index is 540. The first-order valence-corrected chi connectivity index (χ1v) is 6.09. The zero-order chi connectivity index (χ0) is 13.7. The zero-order valence-electron chi connectivity index (χ0n) is 10.6. The fraction of sp³-hybridized carbons (Fsp3) is 0.200. The van der Waals surface area contributed by atoms with Gasteiger partial charge in [-0.2, -0.15) is 0 Å². The Morgan fingerprint density at radius 3 is 2.42 bits per heavy atom. The van der Waals surface area contributed by atoms with Crippen LogP contribution in [0.25, 0.3) is 0 Å². The summed E-state index contributed by atoms with van der Waals surface area (Å²) in [4.78, 5) is 0. The third kappa shape index (κ3) is 3.68. The number of halogens is 2. The molecule has 0 heterocycles. The number of hydrogen-bond donors (Lipinski definition) is 1. The van der Waals surface area contributed by atoms with Crippen molar-refractivity contribution < 1.29 is 13.5 Å². The fourth-order valence-corrected chi connectivity index (χ4v) is 1.70. The van der Waals surface area contributed by atoms with Gasteiger partial charge in [0.05, 0.1) is 12.3 Å². The van der Waals surface area contributed by atoms with Crippen molar-refractivity contribution in [2.75, 3.05) is 11.9 Å². The molecule has 0 aliphatic heterocycles. The highest BCUT2D eigenvalue weighted by Gasteiger charge is 2.03. The molecule has 19 heavy (non-hydrogen) atoms. The molecular formula is C15H15F2NO. The molecule has 0 spiro atoms. The lowest BCUT2D eigenvalue weighted by atomic mass is 10.2. The third-order valence-electron chi connectivity index (χ3n) is 2.65. The van der Waals surface area contributed by atoms with E-state index in [1.165, 1.54) is 12.1 Å². The Morgan fingerprint density at radius 2 is 1.79 bits per heavy atom. The summed E-state index contributed by atoms with van der Waals surface area (Å²) in [5.41, 5.74) is 1.28. The molecule has 0 aliphatic rings. The van der Waals surface area contributed by atoms with Crippen LogP contribution in [0.4, 0.5) is 14.5 Å². The summed E-state index contributed by atoms with van der Waals surface area (Å²) in [6, 6.07) is 11.0. The predicted octanol–water partition coefficient (Wildman–Crippen LogP) is 3.98. The lowest BCUT2D eigenvalue weighted by Crippen LogP contribution is -2.01. The van der Waals surface area contributed by atoms with E-state index in [2.05, 4.69) is 5.32 Å². The largest absolute Gasteiger partial charge is 0.494 e. The van der Waals surface area contributed by atoms with Crippen LogP contribution in [-0.2, 0) is 6.54 Å². The van der Waals surface area contributed by atoms with Gasteiger partial charge in [-0.15, -0.1) is 0 Å². The van der Waals surface area contributed by atoms with E-state index in [9.17, 15) is 8.78 Å². The molecule has 0 aromatic heterocycles. The van der Waals surface area contributed by atoms with Gasteiger partial charge < -0.3 is 10.1 Å². The van der Waals surface area contributed by atoms with Crippen LogP contribution in [0.2, 0.25) is 0 Å². The Morgan fingerprint density at radius 1 is 1.05 bits per heavy atom. The van der Waals surface area contributed by atoms with Crippen LogP contribution in [0.15, 0.2) is 42.5 Å². The predicted molar refractivity (Wildman–Crippen MR) is 71.3 cm³/mol. The molecule has 0 amide bonds. The number of anilines is 1. The Kier molecular flexibility index (Phi) is 4.34. The first-order chi connectivity index (χ1) is 9.19. The molecular weight excluding hydrogens is 248 g/mol. The topological polar surface area (TPSA) is 21.3 Å². The first kappa shape index (κ1) is 13.3. The normalized spacial score (nSPS) is 10.3. The van der Waals surface area contributed by atoms with Gasteiger partial charge in [-0.1, -0.05) is 12.1 Å². The second kappa shape index (κ2) is 6.18. The van der Waals surface area contributed by atoms with Gasteiger partial charge in [0.15, 0.2) is 0 Å². The highest BCUT2D eigenvalue weighted by molar-refractivity contribution is 5.45. The van der Waals surface area contributed by atoms with Gasteiger partial charge in [-0.05, 0) is 36.8 Å². The lowest BCUT2D eigenvalue weighted by Gasteiger charge is -2.08. The van der Waals surface area contributed by atoms with E-state index in [-0.39, 0.29) is 5.69 Å². The van der Waals surface area contributed by atoms with Crippen LogP contribution >= 0.6 is 0 Å². The van der Waals surface area contributed by atoms with Crippen LogP contribution in [-0.4, -0.2) is 6.61 Å². The molecule has 0 radical (unpaired) electrons. The molecule has 2 nitrogen and oxygen atoms in total. The quantitative estimate of drug-likeness (QED) is 0.881. The second-order valence-electron chi connectivity index (χ2n) is 4.05. The van der Waals surface area contributed by atoms with Crippen molar-refractivity contribution in [1.82, 2.24) is 0 Å². The molecule has 2 aromatic rings. The molecule has 2 aromatic carbocycles. The van der Waals surface area contributed by atoms with Crippen molar-refractivity contribution in [3.8, 4) is 5.75 Å². The minimum Gasteiger partial charge on any atom is -0.494 e. The molecule has 4 heteroatoms. The van der Waals surface area contributed by atoms with Gasteiger partial charge in [-0.25, -0.2) is 8.78 Å². The summed E-state index contributed by atoms with van der Waals surface area (Å²) in [6.07, 6.45) is 0. The van der Waals surface area contributed by atoms with Gasteiger partial charge in [0, 0.05) is 12.6 Å². The number of benzene rings is 2. The number of nitrogens with one attached hydrogen (secondary N) is 1. The minimum atomic E-state index is -0.592. The second-order valence-corrected chi connectivity index (χ2v) is 4.05. The Balaban J connectivity index is 1.98. The highest BCUT2D eigenvalue weighted by atomic mass is 19.1. The molecule has 1 N–H and O–H groups in total. The maximum atomic E-state index is 13.4. The van der Waals surface area contributed by atoms with E-state index in [0.29, 0.717) is 13.2 Å². The summed E-state index contributed by atoms with van der Waals surface area (Å²) in [5, 5.41) is 2.93. The fourth-order valence-electron chi connectivity index (χ4n) is 1.70. The van der Waals surface area contributed by atoms with Crippen LogP contribution < -0.4 is 10.1 Å². The van der Waals surface area contributed by atoms with Crippen molar-refractivity contribution >= 4 is 5.69 Å². The van der Waals surface area contributed by atoms with E-state index in [1.807, 2.05) is 31.2 Å². The Labute approximate surface area is 111 Å². The molecule has 100 valence electrons. The lowest BCUT2D eigenvalue weighted by molar-refractivity contribution is 0.340. The highest BCUT2D eigenvalue weighted by Crippen LogP contribution is 2.17. The summed E-state index contributed by atoms with van der Waals surface area (Å²) in [7, 11) is 0. The van der Waals surface area contributed by atoms with Crippen LogP contribution in [0, 0.1) is 11.6 Å². The molecule has 0 atom stereocenters. The van der Waals surface area contributed by atoms with Gasteiger partial charge in [-0.3, -0.25) is 0 Å². The van der Waals surface area contributed by atoms with Crippen LogP contribution in [0.1, 0.15) is 12.5 Å². The van der Waals surface area contributed by atoms with E-state index in [1.54, 1.807) is 0 Å². The van der Waals surface area contributed by atoms with Crippen LogP contribution in [0.3, 0.4) is 0 Å². The standard InChI is InChI=1S/C15H15F2NO/c1-2-19-13-6-3-11(4-7-13)10-18-15-8-5-12(16)9-14(15)17/h3-9,18H,2,10H2,1H3. The first-order valence-electron chi connectivity index (χ1n) is 6.09. The summed E-state index contributed by atoms with van der Waals surface area (Å²) in [5.74, 6) is -0.366. The van der Waals surface area contributed by atoms with E-state index in [4.69, 9.17) is 4.74 Å². The molecule has 0 bridgehead atoms. The average Bonchev–Trinajstić information content (AvgIpc) is 2.40. The SMILES string of the molecule is CCOc1ccc(CNc2ccc(F)cc2F)cc1. The molecule has 0 saturated carbocycles. The van der Waals surface area contributed by atoms with Gasteiger partial charge in [0.2, 0.25) is 0 Å². The average molecular weight is 263 g/mol. The molecule has 0 fully saturated rings. The third-order valence-corrected chi connectivity index (χ3v) is 2.65. The maximum Gasteiger partial charge on any atom is 0.149 e. The van der Waals surface area contributed by atoms with Crippen molar-refractivity contribution in [1.29, 1.82) is 0 Å². The van der Waals surface area contributed by atoms with Crippen molar-refractivity contribution in [2.45, 2.75) is 13.5 Å². The van der Waals surface area contributed by atoms with Crippen LogP contribution in [0.5, 0.6) is 5.75 Å². The summed E-state index contributed by atoms with van der Waals surface area (Å²) < 4.78 is 31.5. The smallest absolute Gasteiger partial charge is 0.149 e. The summed E-state index contributed by atoms with van der Waals surface area (Å²) >= 11 is 0. The zero-order valence-corrected chi connectivity index (χ0v) is 10.6.